The molecule has 0 radical (unpaired) electrons. The number of hydrogen-bond donors (Lipinski definition) is 1. The Hall–Kier alpha value is -2.02. The van der Waals surface area contributed by atoms with E-state index in [4.69, 9.17) is 4.74 Å². The minimum absolute atomic E-state index is 0.180. The topological polar surface area (TPSA) is 75.7 Å². The molecule has 23 heavy (non-hydrogen) atoms. The quantitative estimate of drug-likeness (QED) is 0.492. The van der Waals surface area contributed by atoms with E-state index in [1.165, 1.54) is 16.7 Å². The Morgan fingerprint density at radius 2 is 2.09 bits per heavy atom. The molecule has 1 aromatic carbocycles. The highest BCUT2D eigenvalue weighted by Gasteiger charge is 2.64. The van der Waals surface area contributed by atoms with Crippen molar-refractivity contribution >= 4 is 30.0 Å². The monoisotopic (exact) mass is 334 g/mol. The molecule has 6 nitrogen and oxygen atoms in total. The van der Waals surface area contributed by atoms with Gasteiger partial charge in [-0.1, -0.05) is 30.3 Å². The third-order valence-corrected chi connectivity index (χ3v) is 5.71. The number of ether oxygens (including phenoxy) is 1. The number of thioether (sulfide) groups is 1. The van der Waals surface area contributed by atoms with Crippen LogP contribution in [0.15, 0.2) is 30.3 Å². The van der Waals surface area contributed by atoms with E-state index in [1.54, 1.807) is 0 Å². The smallest absolute Gasteiger partial charge is 0.330 e. The summed E-state index contributed by atoms with van der Waals surface area (Å²) in [5.74, 6) is -0.645. The minimum atomic E-state index is -0.640. The van der Waals surface area contributed by atoms with E-state index in [9.17, 15) is 14.4 Å². The van der Waals surface area contributed by atoms with Gasteiger partial charge in [-0.25, -0.2) is 4.79 Å². The molecule has 1 aromatic rings. The molecular weight excluding hydrogens is 316 g/mol. The van der Waals surface area contributed by atoms with Crippen LogP contribution in [-0.4, -0.2) is 45.4 Å². The summed E-state index contributed by atoms with van der Waals surface area (Å²) in [5, 5.41) is 2.30. The molecule has 0 aliphatic carbocycles. The highest BCUT2D eigenvalue weighted by Crippen LogP contribution is 2.50. The van der Waals surface area contributed by atoms with Crippen LogP contribution in [-0.2, 0) is 25.7 Å². The number of benzene rings is 1. The molecule has 0 saturated carbocycles. The molecule has 0 unspecified atom stereocenters. The Bertz CT molecular complexity index is 634. The van der Waals surface area contributed by atoms with Crippen LogP contribution in [0.3, 0.4) is 0 Å². The van der Waals surface area contributed by atoms with Gasteiger partial charge in [0, 0.05) is 4.75 Å². The van der Waals surface area contributed by atoms with Crippen molar-refractivity contribution < 1.29 is 19.1 Å². The molecule has 0 spiro atoms. The summed E-state index contributed by atoms with van der Waals surface area (Å²) in [5.41, 5.74) is 0.899. The Morgan fingerprint density at radius 1 is 1.39 bits per heavy atom. The number of amides is 2. The lowest BCUT2D eigenvalue weighted by Gasteiger charge is -2.43. The van der Waals surface area contributed by atoms with Crippen molar-refractivity contribution in [1.82, 2.24) is 10.2 Å². The van der Waals surface area contributed by atoms with Gasteiger partial charge in [0.1, 0.15) is 24.1 Å². The Labute approximate surface area is 138 Å². The third kappa shape index (κ3) is 2.69. The largest absolute Gasteiger partial charge is 0.459 e. The summed E-state index contributed by atoms with van der Waals surface area (Å²) in [4.78, 5) is 36.8. The fourth-order valence-electron chi connectivity index (χ4n) is 3.03. The van der Waals surface area contributed by atoms with Crippen LogP contribution in [0.25, 0.3) is 0 Å². The lowest BCUT2D eigenvalue weighted by molar-refractivity contribution is -0.164. The van der Waals surface area contributed by atoms with Crippen molar-refractivity contribution in [2.75, 3.05) is 0 Å². The number of rotatable bonds is 5. The van der Waals surface area contributed by atoms with Gasteiger partial charge < -0.3 is 15.0 Å². The first-order chi connectivity index (χ1) is 11.0. The van der Waals surface area contributed by atoms with Crippen molar-refractivity contribution in [1.29, 1.82) is 0 Å². The number of nitrogens with one attached hydrogen (secondary N) is 1. The predicted octanol–water partition coefficient (Wildman–Crippen LogP) is 0.907. The Kier molecular flexibility index (Phi) is 4.06. The molecule has 7 heteroatoms. The number of fused-ring (bicyclic) bond motifs is 1. The predicted molar refractivity (Wildman–Crippen MR) is 85.3 cm³/mol. The zero-order valence-corrected chi connectivity index (χ0v) is 13.7. The number of nitrogens with zero attached hydrogens (tertiary/aromatic N) is 1. The molecule has 2 aliphatic heterocycles. The minimum Gasteiger partial charge on any atom is -0.459 e. The molecule has 0 bridgehead atoms. The summed E-state index contributed by atoms with van der Waals surface area (Å²) < 4.78 is 4.94. The first kappa shape index (κ1) is 15.9. The summed E-state index contributed by atoms with van der Waals surface area (Å²) in [6.07, 6.45) is 0.522. The maximum Gasteiger partial charge on any atom is 0.330 e. The van der Waals surface area contributed by atoms with Crippen molar-refractivity contribution in [3.05, 3.63) is 35.9 Å². The van der Waals surface area contributed by atoms with Crippen LogP contribution >= 0.6 is 11.8 Å². The molecule has 1 N–H and O–H groups in total. The molecule has 2 heterocycles. The van der Waals surface area contributed by atoms with Crippen molar-refractivity contribution in [3.63, 3.8) is 0 Å². The van der Waals surface area contributed by atoms with E-state index in [0.717, 1.165) is 5.56 Å². The molecule has 2 fully saturated rings. The van der Waals surface area contributed by atoms with Gasteiger partial charge in [-0.3, -0.25) is 9.59 Å². The maximum absolute atomic E-state index is 12.5. The number of β-lactam (4-membered cyclic amide) rings is 1. The van der Waals surface area contributed by atoms with Gasteiger partial charge >= 0.3 is 5.97 Å². The van der Waals surface area contributed by atoms with E-state index in [1.807, 2.05) is 44.2 Å². The van der Waals surface area contributed by atoms with Crippen LogP contribution in [0, 0.1) is 0 Å². The SMILES string of the molecule is CC1(C)S[C@@H]2[C@H](NC=O)C(=O)N2[C@H]1C(=O)OCc1ccccc1. The summed E-state index contributed by atoms with van der Waals surface area (Å²) in [6.45, 7) is 4.00. The first-order valence-corrected chi connectivity index (χ1v) is 8.24. The second-order valence-electron chi connectivity index (χ2n) is 6.12. The average molecular weight is 334 g/mol. The van der Waals surface area contributed by atoms with Gasteiger partial charge in [-0.05, 0) is 19.4 Å². The van der Waals surface area contributed by atoms with Gasteiger partial charge in [-0.2, -0.15) is 0 Å². The van der Waals surface area contributed by atoms with Gasteiger partial charge in [0.05, 0.1) is 0 Å². The van der Waals surface area contributed by atoms with Crippen molar-refractivity contribution in [3.8, 4) is 0 Å². The van der Waals surface area contributed by atoms with E-state index in [2.05, 4.69) is 5.32 Å². The van der Waals surface area contributed by atoms with Gasteiger partial charge in [0.15, 0.2) is 0 Å². The molecule has 122 valence electrons. The van der Waals surface area contributed by atoms with Crippen molar-refractivity contribution in [2.45, 2.75) is 42.7 Å². The molecule has 3 rings (SSSR count). The highest BCUT2D eigenvalue weighted by molar-refractivity contribution is 8.01. The third-order valence-electron chi connectivity index (χ3n) is 4.14. The van der Waals surface area contributed by atoms with E-state index in [-0.39, 0.29) is 17.9 Å². The fourth-order valence-corrected chi connectivity index (χ4v) is 4.66. The number of carbonyl (C=O) groups is 3. The van der Waals surface area contributed by atoms with Crippen molar-refractivity contribution in [2.24, 2.45) is 0 Å². The molecule has 2 amide bonds. The number of hydrogen-bond acceptors (Lipinski definition) is 5. The van der Waals surface area contributed by atoms with Crippen LogP contribution in [0.1, 0.15) is 19.4 Å². The Balaban J connectivity index is 1.70. The molecule has 2 aliphatic rings. The summed E-state index contributed by atoms with van der Waals surface area (Å²) >= 11 is 1.51. The standard InChI is InChI=1S/C16H18N2O4S/c1-16(2)12(15(21)22-8-10-6-4-3-5-7-10)18-13(20)11(17-9-19)14(18)23-16/h3-7,9,11-12,14H,8H2,1-2H3,(H,17,19)/t11-,12+,14-/m1/s1. The second kappa shape index (κ2) is 5.88. The van der Waals surface area contributed by atoms with Gasteiger partial charge in [0.2, 0.25) is 12.3 Å². The van der Waals surface area contributed by atoms with E-state index < -0.39 is 22.8 Å². The van der Waals surface area contributed by atoms with E-state index in [0.29, 0.717) is 6.41 Å². The van der Waals surface area contributed by atoms with Crippen LogP contribution in [0.2, 0.25) is 0 Å². The molecule has 3 atom stereocenters. The number of esters is 1. The van der Waals surface area contributed by atoms with Crippen LogP contribution in [0.4, 0.5) is 0 Å². The Morgan fingerprint density at radius 3 is 2.74 bits per heavy atom. The zero-order valence-electron chi connectivity index (χ0n) is 12.9. The summed E-state index contributed by atoms with van der Waals surface area (Å²) in [7, 11) is 0. The first-order valence-electron chi connectivity index (χ1n) is 7.36. The summed E-state index contributed by atoms with van der Waals surface area (Å²) in [6, 6.07) is 8.22. The maximum atomic E-state index is 12.5. The van der Waals surface area contributed by atoms with Crippen LogP contribution in [0.5, 0.6) is 0 Å². The molecule has 0 aromatic heterocycles. The highest BCUT2D eigenvalue weighted by atomic mass is 32.2. The zero-order chi connectivity index (χ0) is 16.6. The normalized spacial score (nSPS) is 27.8. The van der Waals surface area contributed by atoms with Gasteiger partial charge in [-0.15, -0.1) is 11.8 Å². The van der Waals surface area contributed by atoms with E-state index >= 15 is 0 Å². The molecule has 2 saturated heterocycles. The van der Waals surface area contributed by atoms with Crippen LogP contribution < -0.4 is 5.32 Å². The second-order valence-corrected chi connectivity index (χ2v) is 7.89. The number of carbonyl (C=O) groups excluding carboxylic acids is 3. The fraction of sp³-hybridized carbons (Fsp3) is 0.438. The molecular formula is C16H18N2O4S. The lowest BCUT2D eigenvalue weighted by atomic mass is 9.96. The lowest BCUT2D eigenvalue weighted by Crippen LogP contribution is -2.69. The average Bonchev–Trinajstić information content (AvgIpc) is 2.79. The van der Waals surface area contributed by atoms with Gasteiger partial charge in [0.25, 0.3) is 0 Å².